The number of nitrogens with one attached hydrogen (secondary N) is 3. The Hall–Kier alpha value is -3.34. The fourth-order valence-electron chi connectivity index (χ4n) is 2.92. The SMILES string of the molecule is O=C(COC(=O)[C@@H]1CC(=O)N(NC(=O)c2ccc(Cl)cc2Cl)C1)NNC(=O)c1ccc(Cl)cc1. The smallest absolute Gasteiger partial charge is 0.311 e. The number of esters is 1. The molecule has 1 atom stereocenters. The first-order valence-electron chi connectivity index (χ1n) is 9.72. The van der Waals surface area contributed by atoms with Crippen LogP contribution < -0.4 is 16.3 Å². The molecule has 2 aromatic carbocycles. The van der Waals surface area contributed by atoms with Crippen LogP contribution in [-0.4, -0.2) is 47.8 Å². The minimum Gasteiger partial charge on any atom is -0.455 e. The minimum absolute atomic E-state index is 0.0989. The van der Waals surface area contributed by atoms with E-state index in [9.17, 15) is 24.0 Å². The van der Waals surface area contributed by atoms with Crippen LogP contribution in [0.2, 0.25) is 15.1 Å². The van der Waals surface area contributed by atoms with Crippen LogP contribution in [0.25, 0.3) is 0 Å². The summed E-state index contributed by atoms with van der Waals surface area (Å²) in [7, 11) is 0. The summed E-state index contributed by atoms with van der Waals surface area (Å²) in [6, 6.07) is 10.2. The van der Waals surface area contributed by atoms with Gasteiger partial charge in [-0.2, -0.15) is 0 Å². The van der Waals surface area contributed by atoms with Gasteiger partial charge in [0.05, 0.1) is 23.0 Å². The van der Waals surface area contributed by atoms with Crippen LogP contribution >= 0.6 is 34.8 Å². The Bertz CT molecular complexity index is 1140. The molecule has 3 N–H and O–H groups in total. The van der Waals surface area contributed by atoms with Crippen molar-refractivity contribution in [3.63, 3.8) is 0 Å². The van der Waals surface area contributed by atoms with Crippen molar-refractivity contribution in [2.45, 2.75) is 6.42 Å². The van der Waals surface area contributed by atoms with Crippen molar-refractivity contribution in [3.05, 3.63) is 68.7 Å². The van der Waals surface area contributed by atoms with E-state index in [0.29, 0.717) is 10.0 Å². The second-order valence-corrected chi connectivity index (χ2v) is 8.37. The molecule has 10 nitrogen and oxygen atoms in total. The van der Waals surface area contributed by atoms with Crippen LogP contribution in [0.1, 0.15) is 27.1 Å². The lowest BCUT2D eigenvalue weighted by Gasteiger charge is -2.18. The quantitative estimate of drug-likeness (QED) is 0.389. The number of hydrazine groups is 2. The summed E-state index contributed by atoms with van der Waals surface area (Å²) in [6.07, 6.45) is -0.220. The highest BCUT2D eigenvalue weighted by atomic mass is 35.5. The number of hydrogen-bond donors (Lipinski definition) is 3. The maximum atomic E-state index is 12.4. The third-order valence-corrected chi connectivity index (χ3v) is 5.44. The van der Waals surface area contributed by atoms with Crippen LogP contribution in [0.4, 0.5) is 0 Å². The van der Waals surface area contributed by atoms with Gasteiger partial charge >= 0.3 is 5.97 Å². The molecule has 2 aromatic rings. The Morgan fingerprint density at radius 2 is 1.62 bits per heavy atom. The second-order valence-electron chi connectivity index (χ2n) is 7.09. The van der Waals surface area contributed by atoms with Gasteiger partial charge in [0.2, 0.25) is 5.91 Å². The fraction of sp³-hybridized carbons (Fsp3) is 0.190. The van der Waals surface area contributed by atoms with E-state index in [0.717, 1.165) is 5.01 Å². The van der Waals surface area contributed by atoms with Crippen LogP contribution in [0.15, 0.2) is 42.5 Å². The summed E-state index contributed by atoms with van der Waals surface area (Å²) < 4.78 is 4.91. The third kappa shape index (κ3) is 6.60. The third-order valence-electron chi connectivity index (χ3n) is 4.64. The Kier molecular flexibility index (Phi) is 8.32. The summed E-state index contributed by atoms with van der Waals surface area (Å²) >= 11 is 17.5. The lowest BCUT2D eigenvalue weighted by molar-refractivity contribution is -0.152. The maximum absolute atomic E-state index is 12.4. The molecule has 3 rings (SSSR count). The molecular formula is C21H17Cl3N4O6. The molecule has 178 valence electrons. The molecule has 0 bridgehead atoms. The van der Waals surface area contributed by atoms with Gasteiger partial charge in [-0.05, 0) is 42.5 Å². The molecule has 0 radical (unpaired) electrons. The lowest BCUT2D eigenvalue weighted by Crippen LogP contribution is -2.44. The van der Waals surface area contributed by atoms with Gasteiger partial charge in [0.25, 0.3) is 17.7 Å². The summed E-state index contributed by atoms with van der Waals surface area (Å²) in [6.45, 7) is -0.833. The van der Waals surface area contributed by atoms with Gasteiger partial charge in [-0.3, -0.25) is 45.3 Å². The first-order valence-corrected chi connectivity index (χ1v) is 10.8. The van der Waals surface area contributed by atoms with Gasteiger partial charge in [-0.1, -0.05) is 34.8 Å². The van der Waals surface area contributed by atoms with Gasteiger partial charge in [-0.15, -0.1) is 0 Å². The van der Waals surface area contributed by atoms with Gasteiger partial charge in [0.15, 0.2) is 6.61 Å². The number of carbonyl (C=O) groups is 5. The average molecular weight is 528 g/mol. The van der Waals surface area contributed by atoms with E-state index in [1.807, 2.05) is 0 Å². The van der Waals surface area contributed by atoms with E-state index in [1.54, 1.807) is 0 Å². The zero-order valence-corrected chi connectivity index (χ0v) is 19.5. The molecule has 1 fully saturated rings. The minimum atomic E-state index is -0.898. The number of halogens is 3. The normalized spacial score (nSPS) is 15.0. The predicted molar refractivity (Wildman–Crippen MR) is 122 cm³/mol. The molecule has 1 saturated heterocycles. The Morgan fingerprint density at radius 3 is 2.29 bits per heavy atom. The Morgan fingerprint density at radius 1 is 0.941 bits per heavy atom. The summed E-state index contributed by atoms with van der Waals surface area (Å²) in [4.78, 5) is 60.6. The molecule has 0 unspecified atom stereocenters. The van der Waals surface area contributed by atoms with Crippen molar-refractivity contribution in [1.29, 1.82) is 0 Å². The van der Waals surface area contributed by atoms with E-state index in [2.05, 4.69) is 16.3 Å². The molecule has 0 spiro atoms. The number of hydrogen-bond acceptors (Lipinski definition) is 6. The molecule has 34 heavy (non-hydrogen) atoms. The largest absolute Gasteiger partial charge is 0.455 e. The summed E-state index contributed by atoms with van der Waals surface area (Å²) in [5.41, 5.74) is 7.01. The van der Waals surface area contributed by atoms with Gasteiger partial charge in [0.1, 0.15) is 0 Å². The molecule has 0 aromatic heterocycles. The molecule has 0 aliphatic carbocycles. The molecule has 1 aliphatic heterocycles. The average Bonchev–Trinajstić information content (AvgIpc) is 3.16. The van der Waals surface area contributed by atoms with Crippen LogP contribution in [-0.2, 0) is 19.1 Å². The highest BCUT2D eigenvalue weighted by Crippen LogP contribution is 2.22. The van der Waals surface area contributed by atoms with Crippen molar-refractivity contribution in [3.8, 4) is 0 Å². The van der Waals surface area contributed by atoms with Crippen molar-refractivity contribution < 1.29 is 28.7 Å². The number of rotatable bonds is 6. The monoisotopic (exact) mass is 526 g/mol. The molecule has 1 aliphatic rings. The first-order chi connectivity index (χ1) is 16.1. The zero-order valence-electron chi connectivity index (χ0n) is 17.3. The van der Waals surface area contributed by atoms with Crippen LogP contribution in [0, 0.1) is 5.92 Å². The van der Waals surface area contributed by atoms with Gasteiger partial charge < -0.3 is 4.74 Å². The van der Waals surface area contributed by atoms with Crippen LogP contribution in [0.5, 0.6) is 0 Å². The zero-order chi connectivity index (χ0) is 24.8. The van der Waals surface area contributed by atoms with Crippen molar-refractivity contribution >= 4 is 64.4 Å². The van der Waals surface area contributed by atoms with E-state index in [4.69, 9.17) is 39.5 Å². The maximum Gasteiger partial charge on any atom is 0.311 e. The van der Waals surface area contributed by atoms with Crippen molar-refractivity contribution in [1.82, 2.24) is 21.3 Å². The molecule has 13 heteroatoms. The first kappa shape index (κ1) is 25.3. The lowest BCUT2D eigenvalue weighted by atomic mass is 10.1. The Labute approximate surface area is 208 Å². The van der Waals surface area contributed by atoms with Crippen LogP contribution in [0.3, 0.4) is 0 Å². The van der Waals surface area contributed by atoms with E-state index in [1.165, 1.54) is 42.5 Å². The fourth-order valence-corrected chi connectivity index (χ4v) is 3.54. The van der Waals surface area contributed by atoms with E-state index >= 15 is 0 Å². The highest BCUT2D eigenvalue weighted by molar-refractivity contribution is 6.36. The number of carbonyl (C=O) groups excluding carboxylic acids is 5. The van der Waals surface area contributed by atoms with E-state index < -0.39 is 42.1 Å². The van der Waals surface area contributed by atoms with Crippen molar-refractivity contribution in [2.24, 2.45) is 5.92 Å². The summed E-state index contributed by atoms with van der Waals surface area (Å²) in [5, 5.41) is 1.87. The number of ether oxygens (including phenoxy) is 1. The van der Waals surface area contributed by atoms with Gasteiger partial charge in [-0.25, -0.2) is 0 Å². The highest BCUT2D eigenvalue weighted by Gasteiger charge is 2.37. The molecular weight excluding hydrogens is 511 g/mol. The molecule has 4 amide bonds. The number of benzene rings is 2. The predicted octanol–water partition coefficient (Wildman–Crippen LogP) is 2.14. The molecule has 0 saturated carbocycles. The van der Waals surface area contributed by atoms with Crippen molar-refractivity contribution in [2.75, 3.05) is 13.2 Å². The number of amides is 4. The van der Waals surface area contributed by atoms with Gasteiger partial charge in [0, 0.05) is 22.0 Å². The van der Waals surface area contributed by atoms with E-state index in [-0.39, 0.29) is 29.1 Å². The molecule has 1 heterocycles. The Balaban J connectivity index is 1.44. The standard InChI is InChI=1S/C21H17Cl3N4O6/c22-13-3-1-11(2-4-13)19(31)26-25-17(29)10-34-21(33)12-7-18(30)28(9-12)27-20(32)15-6-5-14(23)8-16(15)24/h1-6,8,12H,7,9-10H2,(H,25,29)(H,26,31)(H,27,32)/t12-/m1/s1. The topological polar surface area (TPSA) is 134 Å². The second kappa shape index (κ2) is 11.2. The number of nitrogens with zero attached hydrogens (tertiary/aromatic N) is 1. The summed E-state index contributed by atoms with van der Waals surface area (Å²) in [5.74, 6) is -4.26.